The van der Waals surface area contributed by atoms with E-state index in [-0.39, 0.29) is 37.0 Å². The summed E-state index contributed by atoms with van der Waals surface area (Å²) in [6, 6.07) is 5.75. The van der Waals surface area contributed by atoms with Gasteiger partial charge >= 0.3 is 6.36 Å². The SMILES string of the molecule is NC(=O)[C@H]1CCCN(C(=O)CCc2ccccc2OC(F)(F)F)C1. The molecule has 1 fully saturated rings. The highest BCUT2D eigenvalue weighted by molar-refractivity contribution is 5.80. The Balaban J connectivity index is 1.96. The number of para-hydroxylation sites is 1. The van der Waals surface area contributed by atoms with Gasteiger partial charge in [-0.2, -0.15) is 0 Å². The van der Waals surface area contributed by atoms with Crippen molar-refractivity contribution in [3.63, 3.8) is 0 Å². The van der Waals surface area contributed by atoms with E-state index in [1.165, 1.54) is 18.2 Å². The molecule has 0 aromatic heterocycles. The molecule has 1 aliphatic heterocycles. The number of carbonyl (C=O) groups is 2. The van der Waals surface area contributed by atoms with Gasteiger partial charge in [0.15, 0.2) is 0 Å². The van der Waals surface area contributed by atoms with Crippen LogP contribution in [-0.2, 0) is 16.0 Å². The Labute approximate surface area is 137 Å². The summed E-state index contributed by atoms with van der Waals surface area (Å²) in [6.45, 7) is 0.804. The first kappa shape index (κ1) is 18.1. The Morgan fingerprint density at radius 2 is 2.00 bits per heavy atom. The molecule has 0 saturated carbocycles. The number of nitrogens with zero attached hydrogens (tertiary/aromatic N) is 1. The average Bonchev–Trinajstić information content (AvgIpc) is 2.52. The second-order valence-corrected chi connectivity index (χ2v) is 5.74. The van der Waals surface area contributed by atoms with E-state index in [2.05, 4.69) is 4.74 Å². The monoisotopic (exact) mass is 344 g/mol. The molecule has 0 radical (unpaired) electrons. The van der Waals surface area contributed by atoms with Gasteiger partial charge in [-0.1, -0.05) is 18.2 Å². The van der Waals surface area contributed by atoms with Gasteiger partial charge in [-0.25, -0.2) is 0 Å². The second-order valence-electron chi connectivity index (χ2n) is 5.74. The van der Waals surface area contributed by atoms with Crippen molar-refractivity contribution in [3.05, 3.63) is 29.8 Å². The second kappa shape index (κ2) is 7.55. The van der Waals surface area contributed by atoms with E-state index < -0.39 is 12.3 Å². The predicted octanol–water partition coefficient (Wildman–Crippen LogP) is 2.24. The lowest BCUT2D eigenvalue weighted by Gasteiger charge is -2.31. The molecule has 1 atom stereocenters. The summed E-state index contributed by atoms with van der Waals surface area (Å²) in [4.78, 5) is 25.0. The summed E-state index contributed by atoms with van der Waals surface area (Å²) in [5.41, 5.74) is 5.58. The third-order valence-electron chi connectivity index (χ3n) is 3.98. The van der Waals surface area contributed by atoms with Gasteiger partial charge in [-0.3, -0.25) is 9.59 Å². The number of piperidine rings is 1. The number of halogens is 3. The largest absolute Gasteiger partial charge is 0.573 e. The van der Waals surface area contributed by atoms with Crippen molar-refractivity contribution >= 4 is 11.8 Å². The molecule has 1 aromatic carbocycles. The third-order valence-corrected chi connectivity index (χ3v) is 3.98. The molecular weight excluding hydrogens is 325 g/mol. The molecule has 1 heterocycles. The van der Waals surface area contributed by atoms with Gasteiger partial charge in [0.05, 0.1) is 5.92 Å². The number of primary amides is 1. The minimum absolute atomic E-state index is 0.0453. The van der Waals surface area contributed by atoms with E-state index >= 15 is 0 Å². The van der Waals surface area contributed by atoms with E-state index in [1.807, 2.05) is 0 Å². The Hall–Kier alpha value is -2.25. The van der Waals surface area contributed by atoms with Crippen molar-refractivity contribution in [3.8, 4) is 5.75 Å². The highest BCUT2D eigenvalue weighted by atomic mass is 19.4. The first-order valence-corrected chi connectivity index (χ1v) is 7.67. The highest BCUT2D eigenvalue weighted by Gasteiger charge is 2.32. The first-order valence-electron chi connectivity index (χ1n) is 7.67. The first-order chi connectivity index (χ1) is 11.3. The molecular formula is C16H19F3N2O3. The smallest absolute Gasteiger partial charge is 0.406 e. The van der Waals surface area contributed by atoms with Crippen LogP contribution in [0.25, 0.3) is 0 Å². The minimum Gasteiger partial charge on any atom is -0.406 e. The molecule has 2 rings (SSSR count). The van der Waals surface area contributed by atoms with Gasteiger partial charge in [0.2, 0.25) is 11.8 Å². The van der Waals surface area contributed by atoms with Gasteiger partial charge in [0.25, 0.3) is 0 Å². The number of hydrogen-bond donors (Lipinski definition) is 1. The maximum atomic E-state index is 12.4. The summed E-state index contributed by atoms with van der Waals surface area (Å²) >= 11 is 0. The molecule has 0 spiro atoms. The van der Waals surface area contributed by atoms with Crippen LogP contribution in [0.1, 0.15) is 24.8 Å². The molecule has 0 aliphatic carbocycles. The van der Waals surface area contributed by atoms with E-state index in [4.69, 9.17) is 5.73 Å². The summed E-state index contributed by atoms with van der Waals surface area (Å²) in [5.74, 6) is -1.30. The number of carbonyl (C=O) groups excluding carboxylic acids is 2. The Kier molecular flexibility index (Phi) is 5.69. The van der Waals surface area contributed by atoms with Gasteiger partial charge in [0, 0.05) is 19.5 Å². The summed E-state index contributed by atoms with van der Waals surface area (Å²) < 4.78 is 41.1. The van der Waals surface area contributed by atoms with Crippen molar-refractivity contribution in [2.75, 3.05) is 13.1 Å². The fourth-order valence-electron chi connectivity index (χ4n) is 2.77. The number of benzene rings is 1. The summed E-state index contributed by atoms with van der Waals surface area (Å²) in [6.07, 6.45) is -3.26. The number of likely N-dealkylation sites (tertiary alicyclic amines) is 1. The standard InChI is InChI=1S/C16H19F3N2O3/c17-16(18,19)24-13-6-2-1-4-11(13)7-8-14(22)21-9-3-5-12(10-21)15(20)23/h1-2,4,6,12H,3,5,7-10H2,(H2,20,23)/t12-/m0/s1. The van der Waals surface area contributed by atoms with Gasteiger partial charge in [-0.15, -0.1) is 13.2 Å². The van der Waals surface area contributed by atoms with E-state index in [9.17, 15) is 22.8 Å². The van der Waals surface area contributed by atoms with Gasteiger partial charge in [-0.05, 0) is 30.9 Å². The number of aryl methyl sites for hydroxylation is 1. The zero-order chi connectivity index (χ0) is 17.7. The topological polar surface area (TPSA) is 72.6 Å². The van der Waals surface area contributed by atoms with Crippen molar-refractivity contribution in [1.82, 2.24) is 4.90 Å². The lowest BCUT2D eigenvalue weighted by atomic mass is 9.97. The number of nitrogens with two attached hydrogens (primary N) is 1. The van der Waals surface area contributed by atoms with Crippen LogP contribution in [0.15, 0.2) is 24.3 Å². The van der Waals surface area contributed by atoms with E-state index in [0.29, 0.717) is 24.9 Å². The molecule has 1 aromatic rings. The molecule has 5 nitrogen and oxygen atoms in total. The fourth-order valence-corrected chi connectivity index (χ4v) is 2.77. The van der Waals surface area contributed by atoms with Crippen molar-refractivity contribution in [2.45, 2.75) is 32.0 Å². The normalized spacial score (nSPS) is 18.3. The zero-order valence-corrected chi connectivity index (χ0v) is 13.0. The highest BCUT2D eigenvalue weighted by Crippen LogP contribution is 2.27. The van der Waals surface area contributed by atoms with Crippen LogP contribution in [-0.4, -0.2) is 36.2 Å². The van der Waals surface area contributed by atoms with Crippen LogP contribution in [0.3, 0.4) is 0 Å². The number of alkyl halides is 3. The van der Waals surface area contributed by atoms with Crippen LogP contribution in [0.2, 0.25) is 0 Å². The molecule has 24 heavy (non-hydrogen) atoms. The average molecular weight is 344 g/mol. The Morgan fingerprint density at radius 3 is 2.67 bits per heavy atom. The number of hydrogen-bond acceptors (Lipinski definition) is 3. The van der Waals surface area contributed by atoms with Crippen LogP contribution in [0.5, 0.6) is 5.75 Å². The lowest BCUT2D eigenvalue weighted by molar-refractivity contribution is -0.274. The molecule has 2 N–H and O–H groups in total. The van der Waals surface area contributed by atoms with Crippen molar-refractivity contribution in [1.29, 1.82) is 0 Å². The van der Waals surface area contributed by atoms with Crippen LogP contribution >= 0.6 is 0 Å². The van der Waals surface area contributed by atoms with Crippen molar-refractivity contribution < 1.29 is 27.5 Å². The number of amides is 2. The van der Waals surface area contributed by atoms with E-state index in [0.717, 1.165) is 0 Å². The Morgan fingerprint density at radius 1 is 1.29 bits per heavy atom. The van der Waals surface area contributed by atoms with E-state index in [1.54, 1.807) is 11.0 Å². The van der Waals surface area contributed by atoms with Gasteiger partial charge in [0.1, 0.15) is 5.75 Å². The summed E-state index contributed by atoms with van der Waals surface area (Å²) in [7, 11) is 0. The van der Waals surface area contributed by atoms with Crippen molar-refractivity contribution in [2.24, 2.45) is 11.7 Å². The molecule has 8 heteroatoms. The number of ether oxygens (including phenoxy) is 1. The predicted molar refractivity (Wildman–Crippen MR) is 79.9 cm³/mol. The molecule has 1 aliphatic rings. The fraction of sp³-hybridized carbons (Fsp3) is 0.500. The minimum atomic E-state index is -4.78. The van der Waals surface area contributed by atoms with Crippen LogP contribution in [0.4, 0.5) is 13.2 Å². The maximum absolute atomic E-state index is 12.4. The van der Waals surface area contributed by atoms with Crippen LogP contribution < -0.4 is 10.5 Å². The zero-order valence-electron chi connectivity index (χ0n) is 13.0. The maximum Gasteiger partial charge on any atom is 0.573 e. The molecule has 2 amide bonds. The Bertz CT molecular complexity index is 604. The molecule has 0 bridgehead atoms. The van der Waals surface area contributed by atoms with Crippen LogP contribution in [0, 0.1) is 5.92 Å². The molecule has 0 unspecified atom stereocenters. The summed E-state index contributed by atoms with van der Waals surface area (Å²) in [5, 5.41) is 0. The molecule has 132 valence electrons. The molecule has 1 saturated heterocycles. The lowest BCUT2D eigenvalue weighted by Crippen LogP contribution is -2.44. The quantitative estimate of drug-likeness (QED) is 0.890. The van der Waals surface area contributed by atoms with Gasteiger partial charge < -0.3 is 15.4 Å². The third kappa shape index (κ3) is 5.14. The number of rotatable bonds is 5.